The van der Waals surface area contributed by atoms with Gasteiger partial charge in [-0.25, -0.2) is 4.98 Å². The number of hydrogen-bond acceptors (Lipinski definition) is 3. The molecule has 1 amide bonds. The van der Waals surface area contributed by atoms with Crippen LogP contribution in [0.3, 0.4) is 0 Å². The van der Waals surface area contributed by atoms with Crippen molar-refractivity contribution in [2.75, 3.05) is 5.32 Å². The molecule has 0 saturated heterocycles. The number of amides is 1. The first-order valence-corrected chi connectivity index (χ1v) is 6.73. The second kappa shape index (κ2) is 5.32. The highest BCUT2D eigenvalue weighted by atomic mass is 16.1. The zero-order chi connectivity index (χ0) is 14.8. The Morgan fingerprint density at radius 2 is 1.86 bits per heavy atom. The molecule has 0 aliphatic heterocycles. The highest BCUT2D eigenvalue weighted by molar-refractivity contribution is 5.89. The number of aryl methyl sites for hydroxylation is 1. The summed E-state index contributed by atoms with van der Waals surface area (Å²) in [4.78, 5) is 19.7. The summed E-state index contributed by atoms with van der Waals surface area (Å²) in [6.07, 6.45) is 1.69. The van der Waals surface area contributed by atoms with E-state index in [1.807, 2.05) is 37.3 Å². The second-order valence-corrected chi connectivity index (χ2v) is 4.97. The van der Waals surface area contributed by atoms with Crippen LogP contribution in [0.2, 0.25) is 0 Å². The standard InChI is InChI=1S/C17H15N3O/c1-11-3-4-15-9-13(5-6-16(15)19-11)14-7-8-18-17(10-14)20-12(2)21/h3-10H,1-2H3,(H,18,20,21). The Kier molecular flexibility index (Phi) is 3.36. The average molecular weight is 277 g/mol. The fraction of sp³-hybridized carbons (Fsp3) is 0.118. The first-order chi connectivity index (χ1) is 10.1. The van der Waals surface area contributed by atoms with Crippen molar-refractivity contribution >= 4 is 22.6 Å². The summed E-state index contributed by atoms with van der Waals surface area (Å²) in [6.45, 7) is 3.45. The average Bonchev–Trinajstić information content (AvgIpc) is 2.46. The lowest BCUT2D eigenvalue weighted by atomic mass is 10.0. The summed E-state index contributed by atoms with van der Waals surface area (Å²) in [5.41, 5.74) is 4.07. The lowest BCUT2D eigenvalue weighted by molar-refractivity contribution is -0.114. The first kappa shape index (κ1) is 13.2. The van der Waals surface area contributed by atoms with Crippen LogP contribution in [0.1, 0.15) is 12.6 Å². The topological polar surface area (TPSA) is 54.9 Å². The molecule has 1 N–H and O–H groups in total. The van der Waals surface area contributed by atoms with Crippen LogP contribution in [0.5, 0.6) is 0 Å². The predicted octanol–water partition coefficient (Wildman–Crippen LogP) is 3.56. The highest BCUT2D eigenvalue weighted by Crippen LogP contribution is 2.25. The Balaban J connectivity index is 2.03. The Bertz CT molecular complexity index is 827. The van der Waals surface area contributed by atoms with Gasteiger partial charge < -0.3 is 5.32 Å². The Labute approximate surface area is 122 Å². The van der Waals surface area contributed by atoms with E-state index in [0.717, 1.165) is 27.7 Å². The van der Waals surface area contributed by atoms with Gasteiger partial charge in [-0.1, -0.05) is 12.1 Å². The van der Waals surface area contributed by atoms with Crippen molar-refractivity contribution in [3.05, 3.63) is 54.4 Å². The van der Waals surface area contributed by atoms with E-state index >= 15 is 0 Å². The third-order valence-corrected chi connectivity index (χ3v) is 3.23. The molecule has 2 heterocycles. The third kappa shape index (κ3) is 2.89. The first-order valence-electron chi connectivity index (χ1n) is 6.73. The number of carbonyl (C=O) groups is 1. The normalized spacial score (nSPS) is 10.6. The minimum absolute atomic E-state index is 0.127. The van der Waals surface area contributed by atoms with Crippen molar-refractivity contribution in [2.45, 2.75) is 13.8 Å². The monoisotopic (exact) mass is 277 g/mol. The van der Waals surface area contributed by atoms with E-state index in [2.05, 4.69) is 27.4 Å². The molecule has 0 fully saturated rings. The number of benzene rings is 1. The SMILES string of the molecule is CC(=O)Nc1cc(-c2ccc3nc(C)ccc3c2)ccn1. The summed E-state index contributed by atoms with van der Waals surface area (Å²) in [5.74, 6) is 0.431. The maximum Gasteiger partial charge on any atom is 0.222 e. The summed E-state index contributed by atoms with van der Waals surface area (Å²) in [7, 11) is 0. The molecular weight excluding hydrogens is 262 g/mol. The molecule has 2 aromatic heterocycles. The molecule has 0 spiro atoms. The number of nitrogens with one attached hydrogen (secondary N) is 1. The van der Waals surface area contributed by atoms with Crippen LogP contribution in [0.15, 0.2) is 48.7 Å². The number of rotatable bonds is 2. The van der Waals surface area contributed by atoms with Crippen LogP contribution in [-0.2, 0) is 4.79 Å². The van der Waals surface area contributed by atoms with Crippen molar-refractivity contribution in [3.8, 4) is 11.1 Å². The van der Waals surface area contributed by atoms with E-state index in [0.29, 0.717) is 5.82 Å². The zero-order valence-electron chi connectivity index (χ0n) is 11.9. The van der Waals surface area contributed by atoms with Crippen molar-refractivity contribution in [2.24, 2.45) is 0 Å². The van der Waals surface area contributed by atoms with E-state index in [9.17, 15) is 4.79 Å². The minimum Gasteiger partial charge on any atom is -0.311 e. The zero-order valence-corrected chi connectivity index (χ0v) is 11.9. The lowest BCUT2D eigenvalue weighted by Gasteiger charge is -2.07. The van der Waals surface area contributed by atoms with Gasteiger partial charge >= 0.3 is 0 Å². The smallest absolute Gasteiger partial charge is 0.222 e. The van der Waals surface area contributed by atoms with Gasteiger partial charge in [0.1, 0.15) is 5.82 Å². The van der Waals surface area contributed by atoms with E-state index in [-0.39, 0.29) is 5.91 Å². The Morgan fingerprint density at radius 3 is 2.67 bits per heavy atom. The van der Waals surface area contributed by atoms with Crippen molar-refractivity contribution in [3.63, 3.8) is 0 Å². The van der Waals surface area contributed by atoms with Crippen LogP contribution >= 0.6 is 0 Å². The molecule has 0 bridgehead atoms. The molecule has 4 nitrogen and oxygen atoms in total. The maximum absolute atomic E-state index is 11.1. The molecule has 4 heteroatoms. The van der Waals surface area contributed by atoms with Gasteiger partial charge in [-0.3, -0.25) is 9.78 Å². The molecule has 0 aliphatic carbocycles. The fourth-order valence-electron chi connectivity index (χ4n) is 2.27. The van der Waals surface area contributed by atoms with Gasteiger partial charge in [0.15, 0.2) is 0 Å². The molecule has 0 unspecified atom stereocenters. The Hall–Kier alpha value is -2.75. The fourth-order valence-corrected chi connectivity index (χ4v) is 2.27. The van der Waals surface area contributed by atoms with Crippen LogP contribution < -0.4 is 5.32 Å². The molecule has 0 atom stereocenters. The summed E-state index contributed by atoms with van der Waals surface area (Å²) < 4.78 is 0. The quantitative estimate of drug-likeness (QED) is 0.779. The maximum atomic E-state index is 11.1. The van der Waals surface area contributed by atoms with Gasteiger partial charge in [0.25, 0.3) is 0 Å². The molecular formula is C17H15N3O. The number of pyridine rings is 2. The van der Waals surface area contributed by atoms with Gasteiger partial charge in [-0.2, -0.15) is 0 Å². The minimum atomic E-state index is -0.127. The van der Waals surface area contributed by atoms with Crippen LogP contribution in [0.4, 0.5) is 5.82 Å². The molecule has 0 saturated carbocycles. The van der Waals surface area contributed by atoms with Gasteiger partial charge in [0.05, 0.1) is 5.52 Å². The summed E-state index contributed by atoms with van der Waals surface area (Å²) in [6, 6.07) is 14.0. The molecule has 1 aromatic carbocycles. The van der Waals surface area contributed by atoms with Crippen molar-refractivity contribution in [1.29, 1.82) is 0 Å². The number of nitrogens with zero attached hydrogens (tertiary/aromatic N) is 2. The molecule has 0 aliphatic rings. The second-order valence-electron chi connectivity index (χ2n) is 4.97. The predicted molar refractivity (Wildman–Crippen MR) is 84.0 cm³/mol. The lowest BCUT2D eigenvalue weighted by Crippen LogP contribution is -2.07. The summed E-state index contributed by atoms with van der Waals surface area (Å²) >= 11 is 0. The van der Waals surface area contributed by atoms with Gasteiger partial charge in [-0.05, 0) is 48.4 Å². The summed E-state index contributed by atoms with van der Waals surface area (Å²) in [5, 5.41) is 3.79. The van der Waals surface area contributed by atoms with E-state index < -0.39 is 0 Å². The van der Waals surface area contributed by atoms with Gasteiger partial charge in [-0.15, -0.1) is 0 Å². The molecule has 3 rings (SSSR count). The van der Waals surface area contributed by atoms with Crippen LogP contribution in [-0.4, -0.2) is 15.9 Å². The van der Waals surface area contributed by atoms with E-state index in [1.165, 1.54) is 6.92 Å². The molecule has 3 aromatic rings. The number of hydrogen-bond donors (Lipinski definition) is 1. The van der Waals surface area contributed by atoms with Gasteiger partial charge in [0, 0.05) is 24.2 Å². The third-order valence-electron chi connectivity index (χ3n) is 3.23. The molecule has 104 valence electrons. The molecule has 21 heavy (non-hydrogen) atoms. The Morgan fingerprint density at radius 1 is 1.05 bits per heavy atom. The van der Waals surface area contributed by atoms with Crippen LogP contribution in [0.25, 0.3) is 22.0 Å². The van der Waals surface area contributed by atoms with E-state index in [4.69, 9.17) is 0 Å². The number of carbonyl (C=O) groups excluding carboxylic acids is 1. The largest absolute Gasteiger partial charge is 0.311 e. The van der Waals surface area contributed by atoms with Crippen molar-refractivity contribution < 1.29 is 4.79 Å². The van der Waals surface area contributed by atoms with Gasteiger partial charge in [0.2, 0.25) is 5.91 Å². The number of anilines is 1. The van der Waals surface area contributed by atoms with Crippen LogP contribution in [0, 0.1) is 6.92 Å². The highest BCUT2D eigenvalue weighted by Gasteiger charge is 2.04. The number of fused-ring (bicyclic) bond motifs is 1. The van der Waals surface area contributed by atoms with Crippen molar-refractivity contribution in [1.82, 2.24) is 9.97 Å². The molecule has 0 radical (unpaired) electrons. The number of aromatic nitrogens is 2. The van der Waals surface area contributed by atoms with E-state index in [1.54, 1.807) is 6.20 Å².